The molecule has 2 rings (SSSR count). The molecule has 0 aliphatic rings. The maximum Gasteiger partial charge on any atom is 0.0734 e. The molecule has 0 aliphatic heterocycles. The molecule has 0 unspecified atom stereocenters. The van der Waals surface area contributed by atoms with E-state index in [2.05, 4.69) is 51.1 Å². The van der Waals surface area contributed by atoms with E-state index in [-0.39, 0.29) is 5.41 Å². The first-order valence-electron chi connectivity index (χ1n) is 5.61. The van der Waals surface area contributed by atoms with E-state index in [1.165, 1.54) is 10.9 Å². The average molecular weight is 214 g/mol. The lowest BCUT2D eigenvalue weighted by Gasteiger charge is -2.22. The van der Waals surface area contributed by atoms with Crippen LogP contribution < -0.4 is 5.73 Å². The summed E-state index contributed by atoms with van der Waals surface area (Å²) in [6.45, 7) is 6.95. The van der Waals surface area contributed by atoms with Crippen LogP contribution in [0.5, 0.6) is 0 Å². The Hall–Kier alpha value is -1.41. The molecule has 16 heavy (non-hydrogen) atoms. The van der Waals surface area contributed by atoms with Crippen molar-refractivity contribution in [2.75, 3.05) is 6.54 Å². The molecule has 0 aliphatic carbocycles. The summed E-state index contributed by atoms with van der Waals surface area (Å²) in [6, 6.07) is 10.5. The minimum Gasteiger partial charge on any atom is -0.330 e. The number of nitrogens with two attached hydrogens (primary N) is 1. The standard InChI is InChI=1S/C14H18N2/c1-10-5-4-6-11-7-8-12(16-13(10)11)14(2,3)9-15/h4-8H,9,15H2,1-3H3. The normalized spacial score (nSPS) is 12.0. The topological polar surface area (TPSA) is 38.9 Å². The summed E-state index contributed by atoms with van der Waals surface area (Å²) in [5, 5.41) is 1.19. The molecule has 2 N–H and O–H groups in total. The Bertz CT molecular complexity index is 515. The van der Waals surface area contributed by atoms with Crippen LogP contribution in [0.3, 0.4) is 0 Å². The van der Waals surface area contributed by atoms with Crippen LogP contribution in [0, 0.1) is 6.92 Å². The van der Waals surface area contributed by atoms with Gasteiger partial charge in [0.25, 0.3) is 0 Å². The number of nitrogens with zero attached hydrogens (tertiary/aromatic N) is 1. The number of para-hydroxylation sites is 1. The second kappa shape index (κ2) is 3.87. The summed E-state index contributed by atoms with van der Waals surface area (Å²) in [5.74, 6) is 0. The highest BCUT2D eigenvalue weighted by Gasteiger charge is 2.20. The highest BCUT2D eigenvalue weighted by molar-refractivity contribution is 5.81. The summed E-state index contributed by atoms with van der Waals surface area (Å²) >= 11 is 0. The van der Waals surface area contributed by atoms with Gasteiger partial charge in [-0.25, -0.2) is 0 Å². The van der Waals surface area contributed by atoms with Gasteiger partial charge in [0.1, 0.15) is 0 Å². The summed E-state index contributed by atoms with van der Waals surface area (Å²) in [6.07, 6.45) is 0. The molecule has 1 aromatic heterocycles. The van der Waals surface area contributed by atoms with Crippen molar-refractivity contribution in [2.45, 2.75) is 26.2 Å². The van der Waals surface area contributed by atoms with Crippen LogP contribution in [0.25, 0.3) is 10.9 Å². The molecule has 2 heteroatoms. The van der Waals surface area contributed by atoms with Crippen molar-refractivity contribution in [3.8, 4) is 0 Å². The van der Waals surface area contributed by atoms with Gasteiger partial charge in [0.15, 0.2) is 0 Å². The van der Waals surface area contributed by atoms with E-state index in [1.807, 2.05) is 0 Å². The quantitative estimate of drug-likeness (QED) is 0.835. The molecule has 0 atom stereocenters. The zero-order valence-electron chi connectivity index (χ0n) is 10.1. The van der Waals surface area contributed by atoms with E-state index < -0.39 is 0 Å². The molecule has 2 nitrogen and oxygen atoms in total. The number of fused-ring (bicyclic) bond motifs is 1. The summed E-state index contributed by atoms with van der Waals surface area (Å²) in [5.41, 5.74) is 9.09. The van der Waals surface area contributed by atoms with Crippen LogP contribution in [0.4, 0.5) is 0 Å². The maximum absolute atomic E-state index is 5.78. The molecule has 84 valence electrons. The van der Waals surface area contributed by atoms with Gasteiger partial charge in [0.2, 0.25) is 0 Å². The molecule has 1 heterocycles. The average Bonchev–Trinajstić information content (AvgIpc) is 2.29. The van der Waals surface area contributed by atoms with Gasteiger partial charge < -0.3 is 5.73 Å². The van der Waals surface area contributed by atoms with Crippen LogP contribution in [0.1, 0.15) is 25.1 Å². The first kappa shape index (κ1) is 11.1. The van der Waals surface area contributed by atoms with E-state index in [1.54, 1.807) is 0 Å². The Labute approximate surface area is 96.5 Å². The summed E-state index contributed by atoms with van der Waals surface area (Å²) < 4.78 is 0. The lowest BCUT2D eigenvalue weighted by Crippen LogP contribution is -2.29. The molecule has 0 amide bonds. The molecule has 0 bridgehead atoms. The molecule has 0 spiro atoms. The summed E-state index contributed by atoms with van der Waals surface area (Å²) in [4.78, 5) is 4.74. The van der Waals surface area contributed by atoms with Crippen molar-refractivity contribution >= 4 is 10.9 Å². The van der Waals surface area contributed by atoms with Gasteiger partial charge in [0.05, 0.1) is 5.52 Å². The SMILES string of the molecule is Cc1cccc2ccc(C(C)(C)CN)nc12. The zero-order valence-corrected chi connectivity index (χ0v) is 10.1. The van der Waals surface area contributed by atoms with Gasteiger partial charge in [-0.1, -0.05) is 38.1 Å². The molecule has 0 saturated carbocycles. The molecular weight excluding hydrogens is 196 g/mol. The predicted octanol–water partition coefficient (Wildman–Crippen LogP) is 2.78. The monoisotopic (exact) mass is 214 g/mol. The van der Waals surface area contributed by atoms with Crippen molar-refractivity contribution in [1.29, 1.82) is 0 Å². The third-order valence-electron chi connectivity index (χ3n) is 3.13. The van der Waals surface area contributed by atoms with Gasteiger partial charge in [-0.05, 0) is 18.6 Å². The number of aryl methyl sites for hydroxylation is 1. The number of pyridine rings is 1. The van der Waals surface area contributed by atoms with Crippen molar-refractivity contribution in [2.24, 2.45) is 5.73 Å². The minimum atomic E-state index is -0.0591. The Balaban J connectivity index is 2.64. The van der Waals surface area contributed by atoms with Gasteiger partial charge in [0, 0.05) is 23.0 Å². The zero-order chi connectivity index (χ0) is 11.8. The Kier molecular flexibility index (Phi) is 2.68. The van der Waals surface area contributed by atoms with Crippen LogP contribution in [0.15, 0.2) is 30.3 Å². The second-order valence-corrected chi connectivity index (χ2v) is 4.93. The van der Waals surface area contributed by atoms with Gasteiger partial charge in [-0.15, -0.1) is 0 Å². The van der Waals surface area contributed by atoms with Crippen molar-refractivity contribution in [1.82, 2.24) is 4.98 Å². The van der Waals surface area contributed by atoms with Crippen LogP contribution >= 0.6 is 0 Å². The first-order chi connectivity index (χ1) is 7.54. The highest BCUT2D eigenvalue weighted by atomic mass is 14.7. The first-order valence-corrected chi connectivity index (χ1v) is 5.61. The lowest BCUT2D eigenvalue weighted by atomic mass is 9.88. The van der Waals surface area contributed by atoms with Crippen LogP contribution in [0.2, 0.25) is 0 Å². The maximum atomic E-state index is 5.78. The van der Waals surface area contributed by atoms with Crippen molar-refractivity contribution < 1.29 is 0 Å². The smallest absolute Gasteiger partial charge is 0.0734 e. The van der Waals surface area contributed by atoms with Crippen molar-refractivity contribution in [3.05, 3.63) is 41.6 Å². The van der Waals surface area contributed by atoms with Gasteiger partial charge in [-0.3, -0.25) is 4.98 Å². The third kappa shape index (κ3) is 1.81. The number of benzene rings is 1. The lowest BCUT2D eigenvalue weighted by molar-refractivity contribution is 0.523. The van der Waals surface area contributed by atoms with Crippen LogP contribution in [-0.4, -0.2) is 11.5 Å². The molecular formula is C14H18N2. The Morgan fingerprint density at radius 1 is 1.19 bits per heavy atom. The van der Waals surface area contributed by atoms with Crippen LogP contribution in [-0.2, 0) is 5.41 Å². The summed E-state index contributed by atoms with van der Waals surface area (Å²) in [7, 11) is 0. The number of hydrogen-bond donors (Lipinski definition) is 1. The van der Waals surface area contributed by atoms with E-state index in [0.717, 1.165) is 11.2 Å². The molecule has 0 fully saturated rings. The molecule has 0 saturated heterocycles. The Morgan fingerprint density at radius 3 is 2.62 bits per heavy atom. The molecule has 2 aromatic rings. The van der Waals surface area contributed by atoms with Crippen molar-refractivity contribution in [3.63, 3.8) is 0 Å². The number of hydrogen-bond acceptors (Lipinski definition) is 2. The number of aromatic nitrogens is 1. The largest absolute Gasteiger partial charge is 0.330 e. The molecule has 0 radical (unpaired) electrons. The van der Waals surface area contributed by atoms with Gasteiger partial charge in [-0.2, -0.15) is 0 Å². The number of rotatable bonds is 2. The second-order valence-electron chi connectivity index (χ2n) is 4.93. The molecule has 1 aromatic carbocycles. The fourth-order valence-corrected chi connectivity index (χ4v) is 1.78. The van der Waals surface area contributed by atoms with E-state index in [4.69, 9.17) is 10.7 Å². The predicted molar refractivity (Wildman–Crippen MR) is 68.6 cm³/mol. The third-order valence-corrected chi connectivity index (χ3v) is 3.13. The Morgan fingerprint density at radius 2 is 1.94 bits per heavy atom. The highest BCUT2D eigenvalue weighted by Crippen LogP contribution is 2.23. The van der Waals surface area contributed by atoms with E-state index in [0.29, 0.717) is 6.54 Å². The van der Waals surface area contributed by atoms with E-state index in [9.17, 15) is 0 Å². The van der Waals surface area contributed by atoms with Gasteiger partial charge >= 0.3 is 0 Å². The fraction of sp³-hybridized carbons (Fsp3) is 0.357. The van der Waals surface area contributed by atoms with E-state index >= 15 is 0 Å². The minimum absolute atomic E-state index is 0.0591. The fourth-order valence-electron chi connectivity index (χ4n) is 1.78.